The molecule has 1 unspecified atom stereocenters. The molecule has 190 valence electrons. The standard InChI is InChI=1S/C28H31ClN2O4S/c1-21-13-15-36-26(21)18-30(16-22-6-3-2-4-7-22)27(32)19-31(17-25-8-5-14-34-25)28(33)20-35-24-11-9-23(29)10-12-24/h2-4,6-7,9-13,15,25H,5,8,14,16-20H2,1H3. The van der Waals surface area contributed by atoms with E-state index in [1.165, 1.54) is 0 Å². The Kier molecular flexibility index (Phi) is 9.39. The fourth-order valence-corrected chi connectivity index (χ4v) is 5.14. The third-order valence-electron chi connectivity index (χ3n) is 6.17. The van der Waals surface area contributed by atoms with Crippen molar-refractivity contribution < 1.29 is 19.1 Å². The fraction of sp³-hybridized carbons (Fsp3) is 0.357. The summed E-state index contributed by atoms with van der Waals surface area (Å²) in [7, 11) is 0. The van der Waals surface area contributed by atoms with Gasteiger partial charge < -0.3 is 19.3 Å². The molecule has 2 amide bonds. The molecule has 0 aliphatic carbocycles. The van der Waals surface area contributed by atoms with E-state index in [2.05, 4.69) is 13.0 Å². The maximum Gasteiger partial charge on any atom is 0.261 e. The van der Waals surface area contributed by atoms with Crippen LogP contribution in [-0.4, -0.2) is 54.0 Å². The molecule has 2 heterocycles. The summed E-state index contributed by atoms with van der Waals surface area (Å²) in [5.41, 5.74) is 2.21. The van der Waals surface area contributed by atoms with Crippen molar-refractivity contribution in [2.75, 3.05) is 26.3 Å². The molecule has 1 aromatic heterocycles. The minimum atomic E-state index is -0.249. The Balaban J connectivity index is 1.47. The molecule has 1 atom stereocenters. The van der Waals surface area contributed by atoms with E-state index in [4.69, 9.17) is 21.1 Å². The van der Waals surface area contributed by atoms with Crippen molar-refractivity contribution in [1.29, 1.82) is 0 Å². The number of amides is 2. The van der Waals surface area contributed by atoms with Gasteiger partial charge in [-0.3, -0.25) is 9.59 Å². The quantitative estimate of drug-likeness (QED) is 0.339. The Labute approximate surface area is 221 Å². The highest BCUT2D eigenvalue weighted by atomic mass is 35.5. The first-order valence-electron chi connectivity index (χ1n) is 12.1. The second-order valence-corrected chi connectivity index (χ2v) is 10.4. The molecule has 2 aromatic carbocycles. The van der Waals surface area contributed by atoms with Gasteiger partial charge in [0, 0.05) is 29.6 Å². The zero-order chi connectivity index (χ0) is 25.3. The lowest BCUT2D eigenvalue weighted by Gasteiger charge is -2.29. The molecule has 1 aliphatic rings. The van der Waals surface area contributed by atoms with E-state index in [0.717, 1.165) is 28.8 Å². The van der Waals surface area contributed by atoms with Crippen LogP contribution in [0.15, 0.2) is 66.0 Å². The summed E-state index contributed by atoms with van der Waals surface area (Å²) in [5.74, 6) is 0.195. The Bertz CT molecular complexity index is 1130. The van der Waals surface area contributed by atoms with Crippen molar-refractivity contribution in [3.63, 3.8) is 0 Å². The lowest BCUT2D eigenvalue weighted by atomic mass is 10.2. The van der Waals surface area contributed by atoms with E-state index in [1.54, 1.807) is 40.5 Å². The monoisotopic (exact) mass is 526 g/mol. The fourth-order valence-electron chi connectivity index (χ4n) is 4.09. The van der Waals surface area contributed by atoms with Gasteiger partial charge in [-0.15, -0.1) is 11.3 Å². The third-order valence-corrected chi connectivity index (χ3v) is 7.43. The van der Waals surface area contributed by atoms with E-state index in [9.17, 15) is 9.59 Å². The Hall–Kier alpha value is -2.87. The van der Waals surface area contributed by atoms with Gasteiger partial charge in [0.2, 0.25) is 5.91 Å². The van der Waals surface area contributed by atoms with E-state index in [0.29, 0.717) is 37.0 Å². The number of carbonyl (C=O) groups excluding carboxylic acids is 2. The van der Waals surface area contributed by atoms with E-state index in [-0.39, 0.29) is 31.1 Å². The SMILES string of the molecule is Cc1ccsc1CN(Cc1ccccc1)C(=O)CN(CC1CCCO1)C(=O)COc1ccc(Cl)cc1. The molecular weight excluding hydrogens is 496 g/mol. The number of hydrogen-bond acceptors (Lipinski definition) is 5. The maximum atomic E-state index is 13.6. The van der Waals surface area contributed by atoms with Gasteiger partial charge in [0.15, 0.2) is 6.61 Å². The highest BCUT2D eigenvalue weighted by molar-refractivity contribution is 7.10. The lowest BCUT2D eigenvalue weighted by Crippen LogP contribution is -2.46. The second-order valence-electron chi connectivity index (χ2n) is 8.91. The molecule has 1 aliphatic heterocycles. The van der Waals surface area contributed by atoms with E-state index >= 15 is 0 Å². The van der Waals surface area contributed by atoms with Crippen LogP contribution in [0.2, 0.25) is 5.02 Å². The van der Waals surface area contributed by atoms with Gasteiger partial charge in [0.05, 0.1) is 19.2 Å². The number of ether oxygens (including phenoxy) is 2. The number of thiophene rings is 1. The molecule has 1 fully saturated rings. The number of carbonyl (C=O) groups is 2. The van der Waals surface area contributed by atoms with E-state index < -0.39 is 0 Å². The molecule has 0 N–H and O–H groups in total. The van der Waals surface area contributed by atoms with Gasteiger partial charge in [-0.2, -0.15) is 0 Å². The van der Waals surface area contributed by atoms with E-state index in [1.807, 2.05) is 40.6 Å². The number of aryl methyl sites for hydroxylation is 1. The predicted octanol–water partition coefficient (Wildman–Crippen LogP) is 5.33. The number of nitrogens with zero attached hydrogens (tertiary/aromatic N) is 2. The van der Waals surface area contributed by atoms with Crippen LogP contribution in [-0.2, 0) is 27.4 Å². The number of halogens is 1. The van der Waals surface area contributed by atoms with Crippen LogP contribution in [0.25, 0.3) is 0 Å². The molecule has 36 heavy (non-hydrogen) atoms. The van der Waals surface area contributed by atoms with Crippen LogP contribution in [0.3, 0.4) is 0 Å². The number of hydrogen-bond donors (Lipinski definition) is 0. The average molecular weight is 527 g/mol. The Morgan fingerprint density at radius 3 is 2.47 bits per heavy atom. The van der Waals surface area contributed by atoms with Crippen molar-refractivity contribution in [2.45, 2.75) is 39.0 Å². The van der Waals surface area contributed by atoms with Crippen molar-refractivity contribution in [3.8, 4) is 5.75 Å². The molecule has 1 saturated heterocycles. The molecule has 6 nitrogen and oxygen atoms in total. The minimum absolute atomic E-state index is 0.0278. The summed E-state index contributed by atoms with van der Waals surface area (Å²) in [6.07, 6.45) is 1.76. The van der Waals surface area contributed by atoms with Gasteiger partial charge in [0.1, 0.15) is 5.75 Å². The number of rotatable bonds is 11. The molecule has 4 rings (SSSR count). The second kappa shape index (κ2) is 12.9. The smallest absolute Gasteiger partial charge is 0.261 e. The zero-order valence-electron chi connectivity index (χ0n) is 20.4. The Morgan fingerprint density at radius 1 is 1.03 bits per heavy atom. The zero-order valence-corrected chi connectivity index (χ0v) is 22.0. The van der Waals surface area contributed by atoms with Crippen molar-refractivity contribution in [1.82, 2.24) is 9.80 Å². The molecule has 0 spiro atoms. The van der Waals surface area contributed by atoms with Gasteiger partial charge in [-0.25, -0.2) is 0 Å². The van der Waals surface area contributed by atoms with Gasteiger partial charge in [0.25, 0.3) is 5.91 Å². The molecule has 0 radical (unpaired) electrons. The predicted molar refractivity (Wildman–Crippen MR) is 142 cm³/mol. The van der Waals surface area contributed by atoms with Crippen molar-refractivity contribution in [3.05, 3.63) is 87.1 Å². The van der Waals surface area contributed by atoms with Crippen LogP contribution in [0.1, 0.15) is 28.8 Å². The minimum Gasteiger partial charge on any atom is -0.484 e. The lowest BCUT2D eigenvalue weighted by molar-refractivity contribution is -0.143. The topological polar surface area (TPSA) is 59.1 Å². The highest BCUT2D eigenvalue weighted by Gasteiger charge is 2.27. The van der Waals surface area contributed by atoms with Crippen LogP contribution >= 0.6 is 22.9 Å². The molecule has 0 saturated carbocycles. The van der Waals surface area contributed by atoms with Crippen molar-refractivity contribution >= 4 is 34.8 Å². The molecular formula is C28H31ClN2O4S. The van der Waals surface area contributed by atoms with Crippen LogP contribution < -0.4 is 4.74 Å². The number of benzene rings is 2. The molecule has 0 bridgehead atoms. The maximum absolute atomic E-state index is 13.6. The van der Waals surface area contributed by atoms with Gasteiger partial charge >= 0.3 is 0 Å². The first kappa shape index (κ1) is 26.2. The first-order valence-corrected chi connectivity index (χ1v) is 13.4. The molecule has 8 heteroatoms. The summed E-state index contributed by atoms with van der Waals surface area (Å²) in [6, 6.07) is 18.8. The largest absolute Gasteiger partial charge is 0.484 e. The van der Waals surface area contributed by atoms with Crippen molar-refractivity contribution in [2.24, 2.45) is 0 Å². The highest BCUT2D eigenvalue weighted by Crippen LogP contribution is 2.21. The summed E-state index contributed by atoms with van der Waals surface area (Å²) >= 11 is 7.58. The normalized spacial score (nSPS) is 15.0. The Morgan fingerprint density at radius 2 is 1.81 bits per heavy atom. The average Bonchev–Trinajstić information content (AvgIpc) is 3.55. The van der Waals surface area contributed by atoms with Gasteiger partial charge in [-0.05, 0) is 66.6 Å². The van der Waals surface area contributed by atoms with Gasteiger partial charge in [-0.1, -0.05) is 41.9 Å². The molecule has 3 aromatic rings. The summed E-state index contributed by atoms with van der Waals surface area (Å²) in [5, 5.41) is 2.63. The van der Waals surface area contributed by atoms with Crippen LogP contribution in [0.5, 0.6) is 5.75 Å². The summed E-state index contributed by atoms with van der Waals surface area (Å²) in [4.78, 5) is 31.4. The van der Waals surface area contributed by atoms with Crippen LogP contribution in [0, 0.1) is 6.92 Å². The summed E-state index contributed by atoms with van der Waals surface area (Å²) < 4.78 is 11.5. The first-order chi connectivity index (χ1) is 17.5. The van der Waals surface area contributed by atoms with Crippen LogP contribution in [0.4, 0.5) is 0 Å². The summed E-state index contributed by atoms with van der Waals surface area (Å²) in [6.45, 7) is 3.88. The third kappa shape index (κ3) is 7.56.